The fourth-order valence-electron chi connectivity index (χ4n) is 2.32. The number of allylic oxidation sites excluding steroid dienone is 1. The highest BCUT2D eigenvalue weighted by Gasteiger charge is 2.37. The summed E-state index contributed by atoms with van der Waals surface area (Å²) in [5, 5.41) is 8.87. The summed E-state index contributed by atoms with van der Waals surface area (Å²) < 4.78 is 39.4. The van der Waals surface area contributed by atoms with Crippen LogP contribution in [0.3, 0.4) is 0 Å². The van der Waals surface area contributed by atoms with Crippen molar-refractivity contribution in [3.8, 4) is 0 Å². The number of carboxylic acid groups (broad SMARTS) is 1. The number of hydrogen-bond donors (Lipinski definition) is 1. The zero-order chi connectivity index (χ0) is 16.3. The lowest BCUT2D eigenvalue weighted by atomic mass is 10.0. The molecule has 1 unspecified atom stereocenters. The van der Waals surface area contributed by atoms with E-state index in [0.29, 0.717) is 6.08 Å². The first kappa shape index (κ1) is 16.1. The molecule has 7 heteroatoms. The fraction of sp³-hybridized carbons (Fsp3) is 0.333. The Kier molecular flexibility index (Phi) is 4.54. The molecule has 1 amide bonds. The molecule has 118 valence electrons. The predicted molar refractivity (Wildman–Crippen MR) is 72.8 cm³/mol. The van der Waals surface area contributed by atoms with E-state index in [9.17, 15) is 22.8 Å². The Labute approximate surface area is 124 Å². The molecule has 0 aromatic heterocycles. The number of alkyl halides is 3. The first-order valence-corrected chi connectivity index (χ1v) is 6.65. The summed E-state index contributed by atoms with van der Waals surface area (Å²) in [7, 11) is 0. The monoisotopic (exact) mass is 313 g/mol. The van der Waals surface area contributed by atoms with E-state index in [0.717, 1.165) is 4.90 Å². The smallest absolute Gasteiger partial charge is 0.417 e. The molecule has 1 fully saturated rings. The highest BCUT2D eigenvalue weighted by atomic mass is 19.4. The maximum atomic E-state index is 13.1. The Morgan fingerprint density at radius 3 is 2.36 bits per heavy atom. The number of amides is 1. The molecule has 1 aliphatic rings. The second kappa shape index (κ2) is 6.21. The second-order valence-corrected chi connectivity index (χ2v) is 5.03. The molecule has 22 heavy (non-hydrogen) atoms. The minimum Gasteiger partial charge on any atom is -0.481 e. The number of hydrogen-bond acceptors (Lipinski definition) is 2. The zero-order valence-corrected chi connectivity index (χ0v) is 11.5. The van der Waals surface area contributed by atoms with Crippen LogP contribution in [0.25, 0.3) is 5.57 Å². The lowest BCUT2D eigenvalue weighted by molar-refractivity contribution is -0.141. The number of nitrogens with zero attached hydrogens (tertiary/aromatic N) is 1. The molecule has 1 atom stereocenters. The predicted octanol–water partition coefficient (Wildman–Crippen LogP) is 2.57. The number of halogens is 3. The van der Waals surface area contributed by atoms with Gasteiger partial charge in [-0.05, 0) is 12.0 Å². The SMILES string of the molecule is O=C(O)C1CCN(C(=O)C=C(c2ccccc2)C(F)(F)F)C1. The number of benzene rings is 1. The van der Waals surface area contributed by atoms with Crippen LogP contribution in [0.15, 0.2) is 36.4 Å². The van der Waals surface area contributed by atoms with Crippen LogP contribution in [0.4, 0.5) is 13.2 Å². The summed E-state index contributed by atoms with van der Waals surface area (Å²) in [5.41, 5.74) is -1.13. The molecule has 1 aliphatic heterocycles. The third kappa shape index (κ3) is 3.66. The molecule has 1 aromatic rings. The number of carbonyl (C=O) groups is 2. The van der Waals surface area contributed by atoms with E-state index >= 15 is 0 Å². The molecule has 1 heterocycles. The Morgan fingerprint density at radius 1 is 1.23 bits per heavy atom. The lowest BCUT2D eigenvalue weighted by Crippen LogP contribution is -2.29. The Hall–Kier alpha value is -2.31. The van der Waals surface area contributed by atoms with Gasteiger partial charge in [0.05, 0.1) is 11.5 Å². The van der Waals surface area contributed by atoms with Gasteiger partial charge in [0.2, 0.25) is 5.91 Å². The molecule has 4 nitrogen and oxygen atoms in total. The Morgan fingerprint density at radius 2 is 1.86 bits per heavy atom. The van der Waals surface area contributed by atoms with Gasteiger partial charge in [-0.2, -0.15) is 13.2 Å². The van der Waals surface area contributed by atoms with E-state index < -0.39 is 29.5 Å². The minimum absolute atomic E-state index is 0.0649. The van der Waals surface area contributed by atoms with Gasteiger partial charge in [0, 0.05) is 19.2 Å². The van der Waals surface area contributed by atoms with Crippen LogP contribution >= 0.6 is 0 Å². The third-order valence-electron chi connectivity index (χ3n) is 3.51. The van der Waals surface area contributed by atoms with Crippen LogP contribution in [-0.4, -0.2) is 41.1 Å². The number of rotatable bonds is 3. The number of aliphatic carboxylic acids is 1. The molecule has 0 saturated carbocycles. The van der Waals surface area contributed by atoms with E-state index in [1.54, 1.807) is 6.07 Å². The molecule has 1 saturated heterocycles. The summed E-state index contributed by atoms with van der Waals surface area (Å²) in [6.07, 6.45) is -3.87. The van der Waals surface area contributed by atoms with Crippen molar-refractivity contribution in [1.82, 2.24) is 4.90 Å². The van der Waals surface area contributed by atoms with Gasteiger partial charge in [0.25, 0.3) is 0 Å². The fourth-order valence-corrected chi connectivity index (χ4v) is 2.32. The molecule has 2 rings (SSSR count). The van der Waals surface area contributed by atoms with Gasteiger partial charge in [-0.1, -0.05) is 30.3 Å². The van der Waals surface area contributed by atoms with Crippen molar-refractivity contribution in [1.29, 1.82) is 0 Å². The number of likely N-dealkylation sites (tertiary alicyclic amines) is 1. The van der Waals surface area contributed by atoms with Crippen LogP contribution < -0.4 is 0 Å². The molecular formula is C15H14F3NO3. The number of carbonyl (C=O) groups excluding carboxylic acids is 1. The van der Waals surface area contributed by atoms with Crippen LogP contribution in [0.1, 0.15) is 12.0 Å². The normalized spacial score (nSPS) is 19.3. The molecule has 0 radical (unpaired) electrons. The van der Waals surface area contributed by atoms with Crippen molar-refractivity contribution in [2.24, 2.45) is 5.92 Å². The van der Waals surface area contributed by atoms with E-state index in [1.807, 2.05) is 0 Å². The lowest BCUT2D eigenvalue weighted by Gasteiger charge is -2.16. The molecule has 0 aliphatic carbocycles. The van der Waals surface area contributed by atoms with Crippen LogP contribution in [0, 0.1) is 5.92 Å². The number of carboxylic acids is 1. The first-order chi connectivity index (χ1) is 10.3. The van der Waals surface area contributed by atoms with Crippen LogP contribution in [0.2, 0.25) is 0 Å². The Balaban J connectivity index is 2.24. The van der Waals surface area contributed by atoms with Gasteiger partial charge in [-0.15, -0.1) is 0 Å². The van der Waals surface area contributed by atoms with E-state index in [-0.39, 0.29) is 25.1 Å². The second-order valence-electron chi connectivity index (χ2n) is 5.03. The summed E-state index contributed by atoms with van der Waals surface area (Å²) in [4.78, 5) is 24.0. The van der Waals surface area contributed by atoms with Crippen molar-refractivity contribution < 1.29 is 27.9 Å². The van der Waals surface area contributed by atoms with Gasteiger partial charge in [-0.3, -0.25) is 9.59 Å². The van der Waals surface area contributed by atoms with Gasteiger partial charge >= 0.3 is 12.1 Å². The standard InChI is InChI=1S/C15H14F3NO3/c16-15(17,18)12(10-4-2-1-3-5-10)8-13(20)19-7-6-11(9-19)14(21)22/h1-5,8,11H,6-7,9H2,(H,21,22). The highest BCUT2D eigenvalue weighted by Crippen LogP contribution is 2.34. The van der Waals surface area contributed by atoms with Gasteiger partial charge in [0.15, 0.2) is 0 Å². The maximum absolute atomic E-state index is 13.1. The first-order valence-electron chi connectivity index (χ1n) is 6.65. The summed E-state index contributed by atoms with van der Waals surface area (Å²) in [5.74, 6) is -2.58. The van der Waals surface area contributed by atoms with E-state index in [2.05, 4.69) is 0 Å². The molecule has 1 aromatic carbocycles. The van der Waals surface area contributed by atoms with Crippen LogP contribution in [-0.2, 0) is 9.59 Å². The average Bonchev–Trinajstić information content (AvgIpc) is 2.94. The van der Waals surface area contributed by atoms with E-state index in [1.165, 1.54) is 24.3 Å². The molecular weight excluding hydrogens is 299 g/mol. The summed E-state index contributed by atoms with van der Waals surface area (Å²) >= 11 is 0. The van der Waals surface area contributed by atoms with Crippen LogP contribution in [0.5, 0.6) is 0 Å². The maximum Gasteiger partial charge on any atom is 0.417 e. The average molecular weight is 313 g/mol. The summed E-state index contributed by atoms with van der Waals surface area (Å²) in [6.45, 7) is 0.0802. The summed E-state index contributed by atoms with van der Waals surface area (Å²) in [6, 6.07) is 7.04. The van der Waals surface area contributed by atoms with Crippen molar-refractivity contribution in [3.05, 3.63) is 42.0 Å². The van der Waals surface area contributed by atoms with Crippen molar-refractivity contribution in [3.63, 3.8) is 0 Å². The van der Waals surface area contributed by atoms with Crippen molar-refractivity contribution in [2.45, 2.75) is 12.6 Å². The van der Waals surface area contributed by atoms with Gasteiger partial charge in [-0.25, -0.2) is 0 Å². The quantitative estimate of drug-likeness (QED) is 0.873. The van der Waals surface area contributed by atoms with Gasteiger partial charge in [0.1, 0.15) is 0 Å². The topological polar surface area (TPSA) is 57.6 Å². The Bertz CT molecular complexity index is 596. The molecule has 0 bridgehead atoms. The minimum atomic E-state index is -4.66. The van der Waals surface area contributed by atoms with Crippen molar-refractivity contribution in [2.75, 3.05) is 13.1 Å². The van der Waals surface area contributed by atoms with Crippen molar-refractivity contribution >= 4 is 17.4 Å². The van der Waals surface area contributed by atoms with E-state index in [4.69, 9.17) is 5.11 Å². The zero-order valence-electron chi connectivity index (χ0n) is 11.5. The third-order valence-corrected chi connectivity index (χ3v) is 3.51. The molecule has 1 N–H and O–H groups in total. The highest BCUT2D eigenvalue weighted by molar-refractivity contribution is 5.96. The largest absolute Gasteiger partial charge is 0.481 e. The van der Waals surface area contributed by atoms with Gasteiger partial charge < -0.3 is 10.0 Å². The molecule has 0 spiro atoms.